The number of amides is 13. The third-order valence-corrected chi connectivity index (χ3v) is 17.6. The number of rotatable bonds is 59. The maximum atomic E-state index is 14.5. The number of nitrogens with one attached hydrogen (secondary N) is 13. The molecule has 0 aromatic heterocycles. The molecule has 0 aliphatic carbocycles. The van der Waals surface area contributed by atoms with Gasteiger partial charge in [0.05, 0.1) is 6.04 Å². The molecule has 0 aliphatic heterocycles. The van der Waals surface area contributed by atoms with Gasteiger partial charge >= 0.3 is 5.97 Å². The summed E-state index contributed by atoms with van der Waals surface area (Å²) < 4.78 is 0. The van der Waals surface area contributed by atoms with E-state index in [9.17, 15) is 72.2 Å². The van der Waals surface area contributed by atoms with Crippen molar-refractivity contribution in [2.75, 3.05) is 39.3 Å². The van der Waals surface area contributed by atoms with Crippen molar-refractivity contribution in [3.05, 3.63) is 0 Å². The van der Waals surface area contributed by atoms with Gasteiger partial charge in [0.15, 0.2) is 0 Å². The van der Waals surface area contributed by atoms with E-state index < -0.39 is 167 Å². The van der Waals surface area contributed by atoms with Crippen molar-refractivity contribution in [1.82, 2.24) is 69.1 Å². The predicted octanol–water partition coefficient (Wildman–Crippen LogP) is -2.26. The molecule has 107 heavy (non-hydrogen) atoms. The molecule has 14 atom stereocenters. The van der Waals surface area contributed by atoms with Crippen LogP contribution in [0.25, 0.3) is 0 Å². The summed E-state index contributed by atoms with van der Waals surface area (Å²) in [6, 6.07) is -17.0. The molecule has 0 saturated heterocycles. The number of hydrogen-bond acceptors (Lipinski definition) is 21. The number of carbonyl (C=O) groups is 14. The largest absolute Gasteiger partial charge is 0.480 e. The Morgan fingerprint density at radius 2 is 0.393 bits per heavy atom. The number of aliphatic carboxylic acids is 1. The van der Waals surface area contributed by atoms with Crippen LogP contribution in [0.4, 0.5) is 0 Å². The molecule has 0 bridgehead atoms. The van der Waals surface area contributed by atoms with Crippen LogP contribution < -0.4 is 109 Å². The zero-order chi connectivity index (χ0) is 81.5. The molecule has 0 aromatic carbocycles. The van der Waals surface area contributed by atoms with Gasteiger partial charge in [0.25, 0.3) is 0 Å². The molecule has 0 fully saturated rings. The monoisotopic (exact) mass is 1520 g/mol. The summed E-state index contributed by atoms with van der Waals surface area (Å²) >= 11 is 0. The Bertz CT molecular complexity index is 2750. The van der Waals surface area contributed by atoms with Gasteiger partial charge in [-0.05, 0) is 225 Å². The minimum atomic E-state index is -1.32. The zero-order valence-electron chi connectivity index (χ0n) is 65.9. The summed E-state index contributed by atoms with van der Waals surface area (Å²) in [5.74, 6) is -11.5. The van der Waals surface area contributed by atoms with E-state index in [0.29, 0.717) is 96.6 Å². The predicted molar refractivity (Wildman–Crippen MR) is 409 cm³/mol. The molecule has 0 aliphatic rings. The van der Waals surface area contributed by atoms with E-state index in [2.05, 4.69) is 69.1 Å². The van der Waals surface area contributed by atoms with E-state index in [-0.39, 0.29) is 108 Å². The molecule has 0 unspecified atom stereocenters. The van der Waals surface area contributed by atoms with E-state index in [1.807, 2.05) is 27.7 Å². The van der Waals surface area contributed by atoms with Gasteiger partial charge in [-0.25, -0.2) is 4.79 Å². The van der Waals surface area contributed by atoms with Gasteiger partial charge in [0.2, 0.25) is 76.8 Å². The molecular formula is C72H138N20O15. The minimum Gasteiger partial charge on any atom is -0.480 e. The lowest BCUT2D eigenvalue weighted by Gasteiger charge is -2.28. The Morgan fingerprint density at radius 1 is 0.224 bits per heavy atom. The number of unbranched alkanes of at least 4 members (excludes halogenated alkanes) is 6. The van der Waals surface area contributed by atoms with Crippen LogP contribution in [0.3, 0.4) is 0 Å². The molecule has 0 spiro atoms. The molecule has 0 rings (SSSR count). The Hall–Kier alpha value is -7.70. The molecule has 0 saturated carbocycles. The van der Waals surface area contributed by atoms with Crippen LogP contribution in [-0.4, -0.2) is 212 Å². The first-order chi connectivity index (χ1) is 50.4. The summed E-state index contributed by atoms with van der Waals surface area (Å²) in [5.41, 5.74) is 40.5. The van der Waals surface area contributed by atoms with Crippen LogP contribution in [-0.2, 0) is 67.1 Å². The van der Waals surface area contributed by atoms with E-state index in [4.69, 9.17) is 40.1 Å². The molecule has 616 valence electrons. The van der Waals surface area contributed by atoms with E-state index in [0.717, 1.165) is 0 Å². The van der Waals surface area contributed by atoms with Crippen molar-refractivity contribution in [1.29, 1.82) is 0 Å². The fourth-order valence-electron chi connectivity index (χ4n) is 11.3. The Morgan fingerprint density at radius 3 is 0.598 bits per heavy atom. The molecule has 13 amide bonds. The average Bonchev–Trinajstić information content (AvgIpc) is 0.865. The van der Waals surface area contributed by atoms with Crippen LogP contribution in [0.15, 0.2) is 0 Å². The minimum absolute atomic E-state index is 0.0347. The van der Waals surface area contributed by atoms with Crippen molar-refractivity contribution in [2.24, 2.45) is 63.8 Å². The van der Waals surface area contributed by atoms with Gasteiger partial charge in [-0.2, -0.15) is 0 Å². The lowest BCUT2D eigenvalue weighted by atomic mass is 10.0. The molecule has 0 radical (unpaired) electrons. The quantitative estimate of drug-likeness (QED) is 0.0286. The van der Waals surface area contributed by atoms with Crippen molar-refractivity contribution < 1.29 is 72.2 Å². The van der Waals surface area contributed by atoms with Gasteiger partial charge in [0.1, 0.15) is 78.5 Å². The highest BCUT2D eigenvalue weighted by molar-refractivity contribution is 6.00. The first-order valence-electron chi connectivity index (χ1n) is 38.6. The fraction of sp³-hybridized carbons (Fsp3) is 0.806. The van der Waals surface area contributed by atoms with Gasteiger partial charge in [-0.15, -0.1) is 0 Å². The lowest BCUT2D eigenvalue weighted by Crippen LogP contribution is -2.60. The van der Waals surface area contributed by atoms with Gasteiger partial charge < -0.3 is 114 Å². The number of nitrogens with two attached hydrogens (primary N) is 7. The third kappa shape index (κ3) is 42.6. The molecular weight excluding hydrogens is 1380 g/mol. The summed E-state index contributed by atoms with van der Waals surface area (Å²) in [5, 5.41) is 44.3. The third-order valence-electron chi connectivity index (χ3n) is 17.6. The maximum absolute atomic E-state index is 14.5. The number of carbonyl (C=O) groups excluding carboxylic acids is 13. The zero-order valence-corrected chi connectivity index (χ0v) is 65.9. The number of carboxylic acids is 1. The summed E-state index contributed by atoms with van der Waals surface area (Å²) in [4.78, 5) is 193. The van der Waals surface area contributed by atoms with Gasteiger partial charge in [0, 0.05) is 0 Å². The second-order valence-electron chi connectivity index (χ2n) is 29.6. The van der Waals surface area contributed by atoms with Crippen molar-refractivity contribution in [3.8, 4) is 0 Å². The highest BCUT2D eigenvalue weighted by Gasteiger charge is 2.37. The summed E-state index contributed by atoms with van der Waals surface area (Å²) in [7, 11) is 0. The van der Waals surface area contributed by atoms with E-state index >= 15 is 0 Å². The number of carboxylic acid groups (broad SMARTS) is 1. The summed E-state index contributed by atoms with van der Waals surface area (Å²) in [6.45, 7) is 21.9. The highest BCUT2D eigenvalue weighted by atomic mass is 16.4. The number of hydrogen-bond donors (Lipinski definition) is 21. The Balaban J connectivity index is 6.68. The van der Waals surface area contributed by atoms with Crippen molar-refractivity contribution in [2.45, 2.75) is 309 Å². The second kappa shape index (κ2) is 55.7. The SMILES string of the molecule is CC(C)C[C@H](NC(=O)[C@@H](CCCCN)NC(=O)[C@@H](C)NC(=O)[C@@H](CC(C)C)NC(=O)[C@H](N)CCCCN)C(=O)N[C@H](C)C(=O)N[C@H](CCCCN)C(=O)N[C@H](CCCCN)C(=O)N[C@@H](CC(C)C)C(=O)N[C@H](C)C(=O)N[C@H](CCCCN)C(=O)N[C@H](CC(C)C)C(=O)N[C@H](C)C(=O)N[C@H](CCCCN)C(=O)O. The first kappa shape index (κ1) is 99.3. The van der Waals surface area contributed by atoms with Crippen LogP contribution in [0.5, 0.6) is 0 Å². The lowest BCUT2D eigenvalue weighted by molar-refractivity contribution is -0.142. The second-order valence-corrected chi connectivity index (χ2v) is 29.6. The standard InChI is InChI=1S/C72H138N20O15/c1-41(2)37-55(89-63(97)49(79)25-13-19-31-73)68(102)80-45(9)60(94)85-51(27-15-21-33-75)65(99)90-56(38-42(3)4)69(103)81-46(10)59(93)84-50(26-14-20-32-74)64(98)87-53(29-17-23-35-77)67(101)92-58(40-44(7)8)70(104)82-47(11)61(95)86-52(28-16-22-34-76)66(100)91-57(39-43(5)6)71(105)83-48(12)62(96)88-54(72(106)107)30-18-24-36-78/h41-58H,13-40,73-79H2,1-12H3,(H,80,102)(H,81,103)(H,82,104)(H,83,105)(H,84,93)(H,85,94)(H,86,95)(H,87,98)(H,88,96)(H,89,97)(H,90,99)(H,91,100)(H,92,101)(H,106,107)/t45-,46-,47-,48-,49-,50-,51-,52-,53-,54-,55-,56+,57-,58+/m1/s1. The normalized spacial score (nSPS) is 15.4. The smallest absolute Gasteiger partial charge is 0.326 e. The van der Waals surface area contributed by atoms with Crippen LogP contribution >= 0.6 is 0 Å². The topological polar surface area (TPSA) is 598 Å². The summed E-state index contributed by atoms with van der Waals surface area (Å²) in [6.07, 6.45) is 6.72. The fourth-order valence-corrected chi connectivity index (χ4v) is 11.3. The maximum Gasteiger partial charge on any atom is 0.326 e. The van der Waals surface area contributed by atoms with Gasteiger partial charge in [-0.3, -0.25) is 62.3 Å². The molecule has 28 N–H and O–H groups in total. The van der Waals surface area contributed by atoms with Crippen LogP contribution in [0, 0.1) is 23.7 Å². The van der Waals surface area contributed by atoms with Crippen LogP contribution in [0.1, 0.15) is 224 Å². The van der Waals surface area contributed by atoms with E-state index in [1.54, 1.807) is 27.7 Å². The molecule has 35 heteroatoms. The molecule has 0 heterocycles. The average molecular weight is 1520 g/mol. The first-order valence-corrected chi connectivity index (χ1v) is 38.6. The van der Waals surface area contributed by atoms with Gasteiger partial charge in [-0.1, -0.05) is 61.8 Å². The Labute approximate surface area is 633 Å². The van der Waals surface area contributed by atoms with E-state index in [1.165, 1.54) is 27.7 Å². The molecule has 0 aromatic rings. The highest BCUT2D eigenvalue weighted by Crippen LogP contribution is 2.15. The van der Waals surface area contributed by atoms with Crippen LogP contribution in [0.2, 0.25) is 0 Å². The molecule has 35 nitrogen and oxygen atoms in total. The van der Waals surface area contributed by atoms with Crippen molar-refractivity contribution in [3.63, 3.8) is 0 Å². The van der Waals surface area contributed by atoms with Crippen molar-refractivity contribution >= 4 is 82.8 Å². The Kier molecular flexibility index (Phi) is 51.7.